The number of hydrogen-bond acceptors (Lipinski definition) is 2. The minimum Gasteiger partial charge on any atom is -0.391 e. The highest BCUT2D eigenvalue weighted by molar-refractivity contribution is 9.10. The third-order valence-corrected chi connectivity index (χ3v) is 4.31. The molecule has 1 aliphatic heterocycles. The molecule has 1 aromatic rings. The maximum Gasteiger partial charge on any atom is 0.0766 e. The fourth-order valence-corrected chi connectivity index (χ4v) is 2.80. The van der Waals surface area contributed by atoms with Gasteiger partial charge in [-0.2, -0.15) is 0 Å². The number of aryl methyl sites for hydroxylation is 1. The molecule has 2 nitrogen and oxygen atoms in total. The molecular weight excluding hydrogens is 278 g/mol. The molecule has 0 aromatic heterocycles. The van der Waals surface area contributed by atoms with Crippen LogP contribution in [0.4, 0.5) is 5.69 Å². The van der Waals surface area contributed by atoms with E-state index in [4.69, 9.17) is 0 Å². The van der Waals surface area contributed by atoms with Crippen LogP contribution in [0.15, 0.2) is 22.7 Å². The number of benzene rings is 1. The van der Waals surface area contributed by atoms with E-state index in [2.05, 4.69) is 59.8 Å². The second kappa shape index (κ2) is 4.62. The molecule has 1 aromatic carbocycles. The number of nitrogens with zero attached hydrogens (tertiary/aromatic N) is 1. The van der Waals surface area contributed by atoms with Gasteiger partial charge in [-0.15, -0.1) is 0 Å². The van der Waals surface area contributed by atoms with E-state index in [-0.39, 0.29) is 11.5 Å². The van der Waals surface area contributed by atoms with Gasteiger partial charge in [0.2, 0.25) is 0 Å². The summed E-state index contributed by atoms with van der Waals surface area (Å²) in [5, 5.41) is 10.2. The Hall–Kier alpha value is -0.540. The highest BCUT2D eigenvalue weighted by Gasteiger charge is 2.34. The van der Waals surface area contributed by atoms with Gasteiger partial charge in [-0.25, -0.2) is 0 Å². The highest BCUT2D eigenvalue weighted by Crippen LogP contribution is 2.34. The second-order valence-electron chi connectivity index (χ2n) is 5.63. The van der Waals surface area contributed by atoms with Crippen molar-refractivity contribution in [2.45, 2.75) is 33.3 Å². The van der Waals surface area contributed by atoms with Gasteiger partial charge in [-0.1, -0.05) is 29.8 Å². The van der Waals surface area contributed by atoms with Gasteiger partial charge in [0.25, 0.3) is 0 Å². The van der Waals surface area contributed by atoms with E-state index in [0.717, 1.165) is 24.0 Å². The third kappa shape index (κ3) is 2.66. The molecule has 3 heteroatoms. The Labute approximate surface area is 112 Å². The fourth-order valence-electron chi connectivity index (χ4n) is 2.33. The predicted molar refractivity (Wildman–Crippen MR) is 75.5 cm³/mol. The standard InChI is InChI=1S/C14H20BrNO/c1-10-8-11(15)4-5-12(10)16-7-6-14(2,3)13(17)9-16/h4-5,8,13,17H,6-7,9H2,1-3H3. The molecule has 1 aliphatic rings. The Kier molecular flexibility index (Phi) is 3.50. The molecule has 17 heavy (non-hydrogen) atoms. The van der Waals surface area contributed by atoms with Crippen molar-refractivity contribution in [3.63, 3.8) is 0 Å². The van der Waals surface area contributed by atoms with Gasteiger partial charge in [-0.05, 0) is 42.5 Å². The summed E-state index contributed by atoms with van der Waals surface area (Å²) in [7, 11) is 0. The van der Waals surface area contributed by atoms with E-state index >= 15 is 0 Å². The largest absolute Gasteiger partial charge is 0.391 e. The monoisotopic (exact) mass is 297 g/mol. The molecule has 2 rings (SSSR count). The van der Waals surface area contributed by atoms with Crippen molar-refractivity contribution in [2.75, 3.05) is 18.0 Å². The van der Waals surface area contributed by atoms with E-state index < -0.39 is 0 Å². The average molecular weight is 298 g/mol. The fraction of sp³-hybridized carbons (Fsp3) is 0.571. The summed E-state index contributed by atoms with van der Waals surface area (Å²) in [6.45, 7) is 8.15. The molecule has 1 fully saturated rings. The van der Waals surface area contributed by atoms with Gasteiger partial charge in [0, 0.05) is 23.2 Å². The number of halogens is 1. The van der Waals surface area contributed by atoms with Crippen LogP contribution in [-0.4, -0.2) is 24.3 Å². The Morgan fingerprint density at radius 2 is 2.12 bits per heavy atom. The van der Waals surface area contributed by atoms with Gasteiger partial charge < -0.3 is 10.0 Å². The molecule has 0 radical (unpaired) electrons. The number of aliphatic hydroxyl groups is 1. The van der Waals surface area contributed by atoms with Gasteiger partial charge in [-0.3, -0.25) is 0 Å². The van der Waals surface area contributed by atoms with E-state index in [0.29, 0.717) is 0 Å². The number of piperidine rings is 1. The first kappa shape index (κ1) is 12.9. The summed E-state index contributed by atoms with van der Waals surface area (Å²) in [5.41, 5.74) is 2.54. The van der Waals surface area contributed by atoms with E-state index in [9.17, 15) is 5.11 Å². The molecule has 0 spiro atoms. The number of hydrogen-bond donors (Lipinski definition) is 1. The van der Waals surface area contributed by atoms with Crippen LogP contribution in [0.3, 0.4) is 0 Å². The SMILES string of the molecule is Cc1cc(Br)ccc1N1CCC(C)(C)C(O)C1. The zero-order valence-electron chi connectivity index (χ0n) is 10.7. The molecule has 1 atom stereocenters. The number of rotatable bonds is 1. The minimum atomic E-state index is -0.251. The van der Waals surface area contributed by atoms with E-state index in [1.807, 2.05) is 0 Å². The van der Waals surface area contributed by atoms with Gasteiger partial charge in [0.1, 0.15) is 0 Å². The van der Waals surface area contributed by atoms with E-state index in [1.165, 1.54) is 11.3 Å². The van der Waals surface area contributed by atoms with Crippen LogP contribution in [0.1, 0.15) is 25.8 Å². The summed E-state index contributed by atoms with van der Waals surface area (Å²) in [6, 6.07) is 6.32. The average Bonchev–Trinajstić information content (AvgIpc) is 2.23. The van der Waals surface area contributed by atoms with Gasteiger partial charge in [0.15, 0.2) is 0 Å². The molecule has 0 bridgehead atoms. The zero-order chi connectivity index (χ0) is 12.6. The molecule has 1 saturated heterocycles. The molecule has 1 N–H and O–H groups in total. The zero-order valence-corrected chi connectivity index (χ0v) is 12.3. The van der Waals surface area contributed by atoms with Gasteiger partial charge >= 0.3 is 0 Å². The molecule has 1 unspecified atom stereocenters. The summed E-state index contributed by atoms with van der Waals surface area (Å²) in [4.78, 5) is 2.29. The topological polar surface area (TPSA) is 23.5 Å². The van der Waals surface area contributed by atoms with Crippen molar-refractivity contribution in [3.05, 3.63) is 28.2 Å². The lowest BCUT2D eigenvalue weighted by molar-refractivity contribution is 0.0351. The lowest BCUT2D eigenvalue weighted by atomic mass is 9.80. The quantitative estimate of drug-likeness (QED) is 0.859. The van der Waals surface area contributed by atoms with Crippen LogP contribution < -0.4 is 4.90 Å². The van der Waals surface area contributed by atoms with E-state index in [1.54, 1.807) is 0 Å². The molecule has 0 saturated carbocycles. The summed E-state index contributed by atoms with van der Waals surface area (Å²) in [6.07, 6.45) is 0.781. The molecule has 0 aliphatic carbocycles. The van der Waals surface area contributed by atoms with Crippen molar-refractivity contribution < 1.29 is 5.11 Å². The second-order valence-corrected chi connectivity index (χ2v) is 6.55. The van der Waals surface area contributed by atoms with Crippen molar-refractivity contribution in [2.24, 2.45) is 5.41 Å². The van der Waals surface area contributed by atoms with Crippen LogP contribution >= 0.6 is 15.9 Å². The number of aliphatic hydroxyl groups excluding tert-OH is 1. The van der Waals surface area contributed by atoms with Crippen molar-refractivity contribution in [1.29, 1.82) is 0 Å². The Balaban J connectivity index is 2.19. The smallest absolute Gasteiger partial charge is 0.0766 e. The van der Waals surface area contributed by atoms with Crippen LogP contribution in [0, 0.1) is 12.3 Å². The van der Waals surface area contributed by atoms with Crippen LogP contribution in [0.25, 0.3) is 0 Å². The third-order valence-electron chi connectivity index (χ3n) is 3.82. The van der Waals surface area contributed by atoms with Crippen LogP contribution in [-0.2, 0) is 0 Å². The Bertz CT molecular complexity index is 417. The Morgan fingerprint density at radius 3 is 2.71 bits per heavy atom. The predicted octanol–water partition coefficient (Wildman–Crippen LogP) is 3.35. The summed E-state index contributed by atoms with van der Waals surface area (Å²) >= 11 is 3.48. The Morgan fingerprint density at radius 1 is 1.41 bits per heavy atom. The summed E-state index contributed by atoms with van der Waals surface area (Å²) in [5.74, 6) is 0. The first-order chi connectivity index (χ1) is 7.90. The first-order valence-corrected chi connectivity index (χ1v) is 6.88. The maximum absolute atomic E-state index is 10.2. The van der Waals surface area contributed by atoms with Crippen LogP contribution in [0.2, 0.25) is 0 Å². The normalized spacial score (nSPS) is 23.8. The van der Waals surface area contributed by atoms with Crippen molar-refractivity contribution >= 4 is 21.6 Å². The van der Waals surface area contributed by atoms with Crippen LogP contribution in [0.5, 0.6) is 0 Å². The highest BCUT2D eigenvalue weighted by atomic mass is 79.9. The summed E-state index contributed by atoms with van der Waals surface area (Å²) < 4.78 is 1.11. The minimum absolute atomic E-state index is 0.0414. The van der Waals surface area contributed by atoms with Gasteiger partial charge in [0.05, 0.1) is 6.10 Å². The lowest BCUT2D eigenvalue weighted by Gasteiger charge is -2.42. The lowest BCUT2D eigenvalue weighted by Crippen LogP contribution is -2.48. The number of anilines is 1. The molecular formula is C14H20BrNO. The molecule has 0 amide bonds. The number of β-amino-alcohol motifs (C(OH)–C–C–N with tert-alkyl or cyclic N) is 1. The van der Waals surface area contributed by atoms with Crippen molar-refractivity contribution in [1.82, 2.24) is 0 Å². The molecule has 94 valence electrons. The van der Waals surface area contributed by atoms with Crippen molar-refractivity contribution in [3.8, 4) is 0 Å². The first-order valence-electron chi connectivity index (χ1n) is 6.09. The molecule has 1 heterocycles. The maximum atomic E-state index is 10.2.